The van der Waals surface area contributed by atoms with Gasteiger partial charge in [-0.25, -0.2) is 0 Å². The predicted molar refractivity (Wildman–Crippen MR) is 45.0 cm³/mol. The Balaban J connectivity index is 2.49. The van der Waals surface area contributed by atoms with E-state index in [1.807, 2.05) is 11.9 Å². The first-order valence-corrected chi connectivity index (χ1v) is 3.90. The van der Waals surface area contributed by atoms with E-state index in [2.05, 4.69) is 18.5 Å². The summed E-state index contributed by atoms with van der Waals surface area (Å²) in [6.45, 7) is 6.49. The molecule has 0 radical (unpaired) electrons. The van der Waals surface area contributed by atoms with Crippen molar-refractivity contribution in [2.45, 2.75) is 6.42 Å². The van der Waals surface area contributed by atoms with Crippen LogP contribution in [-0.4, -0.2) is 43.8 Å². The summed E-state index contributed by atoms with van der Waals surface area (Å²) in [6, 6.07) is 0. The Labute approximate surface area is 68.2 Å². The summed E-state index contributed by atoms with van der Waals surface area (Å²) >= 11 is 0. The van der Waals surface area contributed by atoms with Gasteiger partial charge in [-0.3, -0.25) is 0 Å². The lowest BCUT2D eigenvalue weighted by molar-refractivity contribution is 0.0251. The Morgan fingerprint density at radius 2 is 2.09 bits per heavy atom. The van der Waals surface area contributed by atoms with E-state index in [4.69, 9.17) is 4.74 Å². The van der Waals surface area contributed by atoms with Crippen molar-refractivity contribution < 1.29 is 4.74 Å². The maximum atomic E-state index is 5.34. The second-order valence-electron chi connectivity index (χ2n) is 2.93. The topological polar surface area (TPSA) is 15.7 Å². The Kier molecular flexibility index (Phi) is 2.76. The van der Waals surface area contributed by atoms with Crippen LogP contribution in [0.3, 0.4) is 0 Å². The van der Waals surface area contributed by atoms with Crippen LogP contribution in [0.2, 0.25) is 0 Å². The van der Waals surface area contributed by atoms with Crippen molar-refractivity contribution in [1.82, 2.24) is 9.80 Å². The minimum absolute atomic E-state index is 0.656. The van der Waals surface area contributed by atoms with Gasteiger partial charge in [0.2, 0.25) is 0 Å². The van der Waals surface area contributed by atoms with Gasteiger partial charge in [-0.1, -0.05) is 6.58 Å². The maximum absolute atomic E-state index is 5.34. The van der Waals surface area contributed by atoms with Gasteiger partial charge < -0.3 is 14.5 Å². The van der Waals surface area contributed by atoms with Crippen molar-refractivity contribution in [1.29, 1.82) is 0 Å². The summed E-state index contributed by atoms with van der Waals surface area (Å²) in [6.07, 6.45) is 1.09. The molecule has 11 heavy (non-hydrogen) atoms. The van der Waals surface area contributed by atoms with Crippen molar-refractivity contribution in [3.05, 3.63) is 12.4 Å². The Bertz CT molecular complexity index is 133. The molecule has 1 aliphatic heterocycles. The van der Waals surface area contributed by atoms with Crippen molar-refractivity contribution in [3.8, 4) is 0 Å². The first-order chi connectivity index (χ1) is 5.22. The largest absolute Gasteiger partial charge is 0.362 e. The molecule has 0 unspecified atom stereocenters. The van der Waals surface area contributed by atoms with Crippen LogP contribution < -0.4 is 0 Å². The SMILES string of the molecule is C=C1N(C)CCCOCN1C. The zero-order valence-corrected chi connectivity index (χ0v) is 7.34. The van der Waals surface area contributed by atoms with Gasteiger partial charge >= 0.3 is 0 Å². The molecule has 0 bridgehead atoms. The van der Waals surface area contributed by atoms with Crippen LogP contribution in [-0.2, 0) is 4.74 Å². The summed E-state index contributed by atoms with van der Waals surface area (Å²) < 4.78 is 5.34. The highest BCUT2D eigenvalue weighted by Gasteiger charge is 2.09. The van der Waals surface area contributed by atoms with E-state index in [0.717, 1.165) is 25.4 Å². The third-order valence-corrected chi connectivity index (χ3v) is 1.95. The average molecular weight is 156 g/mol. The summed E-state index contributed by atoms with van der Waals surface area (Å²) in [5.74, 6) is 1.03. The van der Waals surface area contributed by atoms with Gasteiger partial charge in [0.05, 0.1) is 12.4 Å². The molecule has 0 atom stereocenters. The number of nitrogens with zero attached hydrogens (tertiary/aromatic N) is 2. The van der Waals surface area contributed by atoms with Crippen LogP contribution in [0.25, 0.3) is 0 Å². The lowest BCUT2D eigenvalue weighted by atomic mass is 10.4. The van der Waals surface area contributed by atoms with E-state index in [9.17, 15) is 0 Å². The minimum atomic E-state index is 0.656. The zero-order valence-electron chi connectivity index (χ0n) is 7.34. The molecule has 0 aromatic carbocycles. The van der Waals surface area contributed by atoms with Gasteiger partial charge in [0, 0.05) is 20.6 Å². The fourth-order valence-electron chi connectivity index (χ4n) is 1.10. The summed E-state index contributed by atoms with van der Waals surface area (Å²) in [4.78, 5) is 4.17. The normalized spacial score (nSPS) is 21.5. The van der Waals surface area contributed by atoms with Crippen LogP contribution in [0.15, 0.2) is 12.4 Å². The Morgan fingerprint density at radius 1 is 1.36 bits per heavy atom. The highest BCUT2D eigenvalue weighted by atomic mass is 16.5. The zero-order chi connectivity index (χ0) is 8.27. The van der Waals surface area contributed by atoms with Gasteiger partial charge in [-0.05, 0) is 6.42 Å². The lowest BCUT2D eigenvalue weighted by Crippen LogP contribution is -2.34. The summed E-state index contributed by atoms with van der Waals surface area (Å²) in [7, 11) is 4.05. The standard InChI is InChI=1S/C8H16N2O/c1-8-9(2)5-4-6-11-7-10(8)3/h1,4-7H2,2-3H3. The van der Waals surface area contributed by atoms with E-state index in [-0.39, 0.29) is 0 Å². The quantitative estimate of drug-likeness (QED) is 0.513. The molecule has 64 valence electrons. The second kappa shape index (κ2) is 3.62. The van der Waals surface area contributed by atoms with E-state index in [1.54, 1.807) is 0 Å². The molecule has 1 fully saturated rings. The van der Waals surface area contributed by atoms with Crippen molar-refractivity contribution >= 4 is 0 Å². The second-order valence-corrected chi connectivity index (χ2v) is 2.93. The van der Waals surface area contributed by atoms with Gasteiger partial charge in [0.1, 0.15) is 6.73 Å². The smallest absolute Gasteiger partial charge is 0.119 e. The molecule has 0 aromatic rings. The third-order valence-electron chi connectivity index (χ3n) is 1.95. The molecule has 1 saturated heterocycles. The van der Waals surface area contributed by atoms with Crippen molar-refractivity contribution in [2.24, 2.45) is 0 Å². The van der Waals surface area contributed by atoms with Gasteiger partial charge in [-0.15, -0.1) is 0 Å². The fraction of sp³-hybridized carbons (Fsp3) is 0.750. The molecular weight excluding hydrogens is 140 g/mol. The van der Waals surface area contributed by atoms with Crippen LogP contribution in [0.4, 0.5) is 0 Å². The molecule has 1 heterocycles. The van der Waals surface area contributed by atoms with Gasteiger partial charge in [0.15, 0.2) is 0 Å². The van der Waals surface area contributed by atoms with Crippen LogP contribution in [0.1, 0.15) is 6.42 Å². The van der Waals surface area contributed by atoms with E-state index >= 15 is 0 Å². The summed E-state index contributed by atoms with van der Waals surface area (Å²) in [5, 5.41) is 0. The highest BCUT2D eigenvalue weighted by Crippen LogP contribution is 2.07. The number of hydrogen-bond acceptors (Lipinski definition) is 3. The first-order valence-electron chi connectivity index (χ1n) is 3.90. The average Bonchev–Trinajstić information content (AvgIpc) is 2.00. The Morgan fingerprint density at radius 3 is 2.82 bits per heavy atom. The van der Waals surface area contributed by atoms with Crippen molar-refractivity contribution in [3.63, 3.8) is 0 Å². The molecule has 0 saturated carbocycles. The molecule has 0 N–H and O–H groups in total. The van der Waals surface area contributed by atoms with E-state index < -0.39 is 0 Å². The monoisotopic (exact) mass is 156 g/mol. The van der Waals surface area contributed by atoms with Gasteiger partial charge in [0.25, 0.3) is 0 Å². The maximum Gasteiger partial charge on any atom is 0.119 e. The predicted octanol–water partition coefficient (Wildman–Crippen LogP) is 0.699. The third kappa shape index (κ3) is 2.12. The highest BCUT2D eigenvalue weighted by molar-refractivity contribution is 4.90. The molecule has 3 heteroatoms. The van der Waals surface area contributed by atoms with E-state index in [0.29, 0.717) is 6.73 Å². The van der Waals surface area contributed by atoms with Gasteiger partial charge in [-0.2, -0.15) is 0 Å². The fourth-order valence-corrected chi connectivity index (χ4v) is 1.10. The summed E-state index contributed by atoms with van der Waals surface area (Å²) in [5.41, 5.74) is 0. The molecule has 1 rings (SSSR count). The molecule has 0 aliphatic carbocycles. The van der Waals surface area contributed by atoms with Crippen LogP contribution in [0, 0.1) is 0 Å². The molecular formula is C8H16N2O. The van der Waals surface area contributed by atoms with E-state index in [1.165, 1.54) is 0 Å². The molecule has 0 spiro atoms. The molecule has 0 amide bonds. The lowest BCUT2D eigenvalue weighted by Gasteiger charge is -2.32. The number of ether oxygens (including phenoxy) is 1. The Hall–Kier alpha value is -0.700. The number of hydrogen-bond donors (Lipinski definition) is 0. The molecule has 1 aliphatic rings. The van der Waals surface area contributed by atoms with Crippen molar-refractivity contribution in [2.75, 3.05) is 34.0 Å². The molecule has 3 nitrogen and oxygen atoms in total. The number of rotatable bonds is 0. The van der Waals surface area contributed by atoms with Crippen LogP contribution in [0.5, 0.6) is 0 Å². The first kappa shape index (κ1) is 8.40. The van der Waals surface area contributed by atoms with Crippen LogP contribution >= 0.6 is 0 Å². The molecule has 0 aromatic heterocycles. The minimum Gasteiger partial charge on any atom is -0.362 e.